The Bertz CT molecular complexity index is 1400. The van der Waals surface area contributed by atoms with Crippen LogP contribution >= 0.6 is 0 Å². The van der Waals surface area contributed by atoms with Crippen LogP contribution in [-0.2, 0) is 9.53 Å². The van der Waals surface area contributed by atoms with E-state index in [4.69, 9.17) is 10.5 Å². The lowest BCUT2D eigenvalue weighted by molar-refractivity contribution is -0.119. The smallest absolute Gasteiger partial charge is 0.217 e. The Kier molecular flexibility index (Phi) is 5.80. The molecule has 4 aromatic rings. The van der Waals surface area contributed by atoms with Gasteiger partial charge in [0.05, 0.1) is 17.4 Å². The molecule has 36 heavy (non-hydrogen) atoms. The quantitative estimate of drug-likeness (QED) is 0.446. The number of benzene rings is 1. The Hall–Kier alpha value is -3.92. The molecule has 0 bridgehead atoms. The number of fused-ring (bicyclic) bond motifs is 1. The summed E-state index contributed by atoms with van der Waals surface area (Å²) < 4.78 is 9.53. The van der Waals surface area contributed by atoms with Crippen molar-refractivity contribution in [2.24, 2.45) is 0 Å². The molecule has 2 fully saturated rings. The van der Waals surface area contributed by atoms with Crippen molar-refractivity contribution in [3.05, 3.63) is 48.9 Å². The van der Waals surface area contributed by atoms with Gasteiger partial charge in [0.2, 0.25) is 5.91 Å². The number of carbonyl (C=O) groups is 1. The lowest BCUT2D eigenvalue weighted by Crippen LogP contribution is -2.35. The first-order valence-electron chi connectivity index (χ1n) is 12.4. The van der Waals surface area contributed by atoms with Crippen LogP contribution in [0.2, 0.25) is 0 Å². The number of amides is 1. The van der Waals surface area contributed by atoms with Gasteiger partial charge in [-0.1, -0.05) is 12.1 Å². The summed E-state index contributed by atoms with van der Waals surface area (Å²) in [6.07, 6.45) is 6.12. The van der Waals surface area contributed by atoms with Crippen LogP contribution < -0.4 is 16.0 Å². The van der Waals surface area contributed by atoms with Crippen LogP contribution in [0, 0.1) is 0 Å². The Balaban J connectivity index is 1.40. The van der Waals surface area contributed by atoms with Gasteiger partial charge in [0, 0.05) is 62.3 Å². The molecule has 2 aliphatic rings. The average molecular weight is 487 g/mol. The lowest BCUT2D eigenvalue weighted by Gasteiger charge is -2.24. The number of hydrogen-bond donors (Lipinski definition) is 2. The Labute approximate surface area is 209 Å². The van der Waals surface area contributed by atoms with E-state index >= 15 is 0 Å². The maximum Gasteiger partial charge on any atom is 0.217 e. The Morgan fingerprint density at radius 2 is 1.97 bits per heavy atom. The second kappa shape index (κ2) is 9.27. The highest BCUT2D eigenvalue weighted by atomic mass is 16.5. The van der Waals surface area contributed by atoms with Gasteiger partial charge in [0.15, 0.2) is 5.82 Å². The van der Waals surface area contributed by atoms with E-state index in [1.807, 2.05) is 16.8 Å². The molecule has 1 aromatic carbocycles. The van der Waals surface area contributed by atoms with Gasteiger partial charge in [0.1, 0.15) is 11.8 Å². The van der Waals surface area contributed by atoms with E-state index in [0.29, 0.717) is 5.82 Å². The summed E-state index contributed by atoms with van der Waals surface area (Å²) in [5.74, 6) is 0.444. The summed E-state index contributed by atoms with van der Waals surface area (Å²) >= 11 is 0. The molecule has 186 valence electrons. The first-order chi connectivity index (χ1) is 17.6. The molecule has 3 N–H and O–H groups in total. The molecule has 0 saturated carbocycles. The van der Waals surface area contributed by atoms with Crippen molar-refractivity contribution in [3.63, 3.8) is 0 Å². The first kappa shape index (κ1) is 22.5. The highest BCUT2D eigenvalue weighted by molar-refractivity contribution is 5.91. The SMILES string of the molecule is CC(=O)N[C@H]1CCN(c2cccc(-c3cc(-c4ccnn4C4CCOCC4)c4c(N)ncnn34)c2)C1. The molecule has 0 aliphatic carbocycles. The fourth-order valence-corrected chi connectivity index (χ4v) is 5.48. The van der Waals surface area contributed by atoms with Gasteiger partial charge < -0.3 is 20.7 Å². The number of ether oxygens (including phenoxy) is 1. The summed E-state index contributed by atoms with van der Waals surface area (Å²) in [6, 6.07) is 13.1. The molecule has 3 aromatic heterocycles. The highest BCUT2D eigenvalue weighted by Gasteiger charge is 2.25. The third kappa shape index (κ3) is 4.07. The van der Waals surface area contributed by atoms with Gasteiger partial charge >= 0.3 is 0 Å². The largest absolute Gasteiger partial charge is 0.382 e. The molecule has 1 amide bonds. The van der Waals surface area contributed by atoms with Crippen LogP contribution in [0.1, 0.15) is 32.2 Å². The van der Waals surface area contributed by atoms with Gasteiger partial charge in [-0.25, -0.2) is 9.50 Å². The van der Waals surface area contributed by atoms with E-state index in [1.165, 1.54) is 6.33 Å². The summed E-state index contributed by atoms with van der Waals surface area (Å²) in [6.45, 7) is 4.74. The number of hydrogen-bond acceptors (Lipinski definition) is 7. The van der Waals surface area contributed by atoms with Crippen LogP contribution in [0.3, 0.4) is 0 Å². The molecule has 6 rings (SSSR count). The topological polar surface area (TPSA) is 116 Å². The molecule has 5 heterocycles. The predicted molar refractivity (Wildman–Crippen MR) is 138 cm³/mol. The van der Waals surface area contributed by atoms with Gasteiger partial charge in [-0.2, -0.15) is 10.2 Å². The summed E-state index contributed by atoms with van der Waals surface area (Å²) in [4.78, 5) is 18.1. The van der Waals surface area contributed by atoms with Gasteiger partial charge in [-0.3, -0.25) is 9.48 Å². The first-order valence-corrected chi connectivity index (χ1v) is 12.4. The number of anilines is 2. The van der Waals surface area contributed by atoms with E-state index in [1.54, 1.807) is 6.92 Å². The lowest BCUT2D eigenvalue weighted by atomic mass is 10.1. The molecule has 0 spiro atoms. The van der Waals surface area contributed by atoms with E-state index in [9.17, 15) is 4.79 Å². The molecule has 0 unspecified atom stereocenters. The molecule has 0 radical (unpaired) electrons. The van der Waals surface area contributed by atoms with E-state index in [0.717, 1.165) is 79.3 Å². The zero-order chi connectivity index (χ0) is 24.6. The predicted octanol–water partition coefficient (Wildman–Crippen LogP) is 2.91. The molecule has 10 heteroatoms. The van der Waals surface area contributed by atoms with Crippen LogP contribution in [0.4, 0.5) is 11.5 Å². The van der Waals surface area contributed by atoms with Crippen molar-refractivity contribution >= 4 is 22.9 Å². The zero-order valence-corrected chi connectivity index (χ0v) is 20.3. The van der Waals surface area contributed by atoms with E-state index in [2.05, 4.69) is 60.4 Å². The minimum atomic E-state index is 0.0139. The van der Waals surface area contributed by atoms with Crippen molar-refractivity contribution in [2.45, 2.75) is 38.3 Å². The number of carbonyl (C=O) groups excluding carboxylic acids is 1. The highest BCUT2D eigenvalue weighted by Crippen LogP contribution is 2.37. The number of nitrogen functional groups attached to an aromatic ring is 1. The summed E-state index contributed by atoms with van der Waals surface area (Å²) in [5, 5.41) is 12.3. The molecular formula is C26H30N8O2. The third-order valence-electron chi connectivity index (χ3n) is 7.17. The maximum absolute atomic E-state index is 11.5. The van der Waals surface area contributed by atoms with Gasteiger partial charge in [-0.05, 0) is 43.5 Å². The zero-order valence-electron chi connectivity index (χ0n) is 20.3. The van der Waals surface area contributed by atoms with Crippen LogP contribution in [0.5, 0.6) is 0 Å². The standard InChI is InChI=1S/C26H30N8O2/c1-17(35)31-19-6-10-32(15-19)21-4-2-3-18(13-21)24-14-22(25-26(27)28-16-30-34(24)25)23-5-9-29-33(23)20-7-11-36-12-8-20/h2-5,9,13-14,16,19-20H,6-8,10-12,15H2,1H3,(H,31,35)(H2,27,28,30)/t19-/m0/s1. The summed E-state index contributed by atoms with van der Waals surface area (Å²) in [5.41, 5.74) is 12.2. The fourth-order valence-electron chi connectivity index (χ4n) is 5.48. The minimum absolute atomic E-state index is 0.0139. The van der Waals surface area contributed by atoms with E-state index in [-0.39, 0.29) is 18.0 Å². The second-order valence-corrected chi connectivity index (χ2v) is 9.54. The average Bonchev–Trinajstić information content (AvgIpc) is 3.63. The third-order valence-corrected chi connectivity index (χ3v) is 7.17. The second-order valence-electron chi connectivity index (χ2n) is 9.54. The number of aromatic nitrogens is 5. The molecular weight excluding hydrogens is 456 g/mol. The monoisotopic (exact) mass is 486 g/mol. The van der Waals surface area contributed by atoms with Crippen molar-refractivity contribution in [1.29, 1.82) is 0 Å². The number of rotatable bonds is 5. The maximum atomic E-state index is 11.5. The molecule has 2 saturated heterocycles. The van der Waals surface area contributed by atoms with Crippen LogP contribution in [0.15, 0.2) is 48.9 Å². The van der Waals surface area contributed by atoms with Crippen molar-refractivity contribution in [2.75, 3.05) is 36.9 Å². The molecule has 10 nitrogen and oxygen atoms in total. The fraction of sp³-hybridized carbons (Fsp3) is 0.385. The van der Waals surface area contributed by atoms with Gasteiger partial charge in [0.25, 0.3) is 0 Å². The van der Waals surface area contributed by atoms with E-state index < -0.39 is 0 Å². The normalized spacial score (nSPS) is 18.7. The number of nitrogens with two attached hydrogens (primary N) is 1. The molecule has 1 atom stereocenters. The summed E-state index contributed by atoms with van der Waals surface area (Å²) in [7, 11) is 0. The molecule has 2 aliphatic heterocycles. The van der Waals surface area contributed by atoms with Gasteiger partial charge in [-0.15, -0.1) is 0 Å². The minimum Gasteiger partial charge on any atom is -0.382 e. The van der Waals surface area contributed by atoms with Crippen molar-refractivity contribution in [1.82, 2.24) is 29.7 Å². The van der Waals surface area contributed by atoms with Crippen molar-refractivity contribution < 1.29 is 9.53 Å². The van der Waals surface area contributed by atoms with Crippen LogP contribution in [-0.4, -0.2) is 62.6 Å². The van der Waals surface area contributed by atoms with Crippen LogP contribution in [0.25, 0.3) is 28.0 Å². The Morgan fingerprint density at radius 3 is 2.81 bits per heavy atom. The number of nitrogens with zero attached hydrogens (tertiary/aromatic N) is 6. The number of nitrogens with one attached hydrogen (secondary N) is 1. The Morgan fingerprint density at radius 1 is 1.11 bits per heavy atom. The van der Waals surface area contributed by atoms with Crippen molar-refractivity contribution in [3.8, 4) is 22.5 Å².